The molecule has 0 saturated heterocycles. The molecule has 0 spiro atoms. The van der Waals surface area contributed by atoms with Gasteiger partial charge in [0.2, 0.25) is 0 Å². The van der Waals surface area contributed by atoms with Crippen molar-refractivity contribution in [2.45, 2.75) is 193 Å². The van der Waals surface area contributed by atoms with Gasteiger partial charge in [-0.2, -0.15) is 0 Å². The van der Waals surface area contributed by atoms with Gasteiger partial charge in [0.05, 0.1) is 5.69 Å². The molecule has 1 aromatic heterocycles. The molecule has 6 aromatic carbocycles. The molecule has 0 bridgehead atoms. The summed E-state index contributed by atoms with van der Waals surface area (Å²) >= 11 is 2.10. The van der Waals surface area contributed by atoms with Crippen LogP contribution in [0.4, 0.5) is 34.1 Å². The summed E-state index contributed by atoms with van der Waals surface area (Å²) in [4.78, 5) is 5.53. The molecular formula is C69H79BN2S. The fourth-order valence-electron chi connectivity index (χ4n) is 15.8. The lowest BCUT2D eigenvalue weighted by atomic mass is 9.35. The van der Waals surface area contributed by atoms with E-state index in [1.807, 2.05) is 0 Å². The molecule has 0 amide bonds. The Balaban J connectivity index is 1.19. The number of nitrogens with zero attached hydrogens (tertiary/aromatic N) is 2. The van der Waals surface area contributed by atoms with E-state index in [9.17, 15) is 0 Å². The van der Waals surface area contributed by atoms with Crippen molar-refractivity contribution >= 4 is 78.0 Å². The summed E-state index contributed by atoms with van der Waals surface area (Å²) in [5, 5.41) is 1.43. The molecule has 1 fully saturated rings. The maximum Gasteiger partial charge on any atom is 0.264 e. The zero-order valence-electron chi connectivity index (χ0n) is 46.7. The van der Waals surface area contributed by atoms with Gasteiger partial charge in [0.25, 0.3) is 6.71 Å². The lowest BCUT2D eigenvalue weighted by molar-refractivity contribution is 0.0924. The Hall–Kier alpha value is -5.06. The number of hydrogen-bond acceptors (Lipinski definition) is 3. The molecule has 7 aromatic rings. The minimum absolute atomic E-state index is 0.0446. The van der Waals surface area contributed by atoms with E-state index < -0.39 is 0 Å². The van der Waals surface area contributed by atoms with Gasteiger partial charge in [-0.1, -0.05) is 164 Å². The molecule has 5 atom stereocenters. The van der Waals surface area contributed by atoms with Gasteiger partial charge in [0.1, 0.15) is 0 Å². The van der Waals surface area contributed by atoms with Crippen LogP contribution in [0.3, 0.4) is 0 Å². The van der Waals surface area contributed by atoms with Crippen molar-refractivity contribution in [1.82, 2.24) is 0 Å². The van der Waals surface area contributed by atoms with Crippen LogP contribution in [0.5, 0.6) is 0 Å². The Labute approximate surface area is 443 Å². The van der Waals surface area contributed by atoms with Crippen molar-refractivity contribution in [3.63, 3.8) is 0 Å². The van der Waals surface area contributed by atoms with Crippen molar-refractivity contribution in [3.05, 3.63) is 159 Å². The predicted molar refractivity (Wildman–Crippen MR) is 317 cm³/mol. The number of anilines is 6. The highest BCUT2D eigenvalue weighted by Gasteiger charge is 2.59. The molecule has 0 N–H and O–H groups in total. The van der Waals surface area contributed by atoms with Crippen molar-refractivity contribution in [1.29, 1.82) is 0 Å². The molecule has 13 rings (SSSR count). The van der Waals surface area contributed by atoms with Crippen LogP contribution in [-0.2, 0) is 27.1 Å². The van der Waals surface area contributed by atoms with Gasteiger partial charge < -0.3 is 9.80 Å². The Bertz CT molecular complexity index is 3410. The van der Waals surface area contributed by atoms with E-state index >= 15 is 0 Å². The quantitative estimate of drug-likeness (QED) is 0.163. The third-order valence-corrected chi connectivity index (χ3v) is 21.9. The molecule has 4 aliphatic carbocycles. The van der Waals surface area contributed by atoms with E-state index in [0.29, 0.717) is 11.8 Å². The number of fused-ring (bicyclic) bond motifs is 11. The fourth-order valence-corrected chi connectivity index (χ4v) is 17.2. The van der Waals surface area contributed by atoms with Crippen LogP contribution in [0.15, 0.2) is 109 Å². The van der Waals surface area contributed by atoms with Crippen molar-refractivity contribution in [2.75, 3.05) is 9.80 Å². The van der Waals surface area contributed by atoms with Gasteiger partial charge >= 0.3 is 0 Å². The molecule has 6 aliphatic rings. The molecule has 3 heterocycles. The van der Waals surface area contributed by atoms with E-state index in [4.69, 9.17) is 0 Å². The Morgan fingerprint density at radius 1 is 0.548 bits per heavy atom. The van der Waals surface area contributed by atoms with E-state index in [2.05, 4.69) is 227 Å². The first-order valence-corrected chi connectivity index (χ1v) is 29.2. The first-order valence-electron chi connectivity index (χ1n) is 28.4. The van der Waals surface area contributed by atoms with Crippen molar-refractivity contribution < 1.29 is 0 Å². The smallest absolute Gasteiger partial charge is 0.264 e. The maximum atomic E-state index is 2.78. The first-order chi connectivity index (χ1) is 34.5. The second-order valence-electron chi connectivity index (χ2n) is 28.0. The van der Waals surface area contributed by atoms with Crippen LogP contribution in [0.1, 0.15) is 216 Å². The zero-order valence-corrected chi connectivity index (χ0v) is 47.5. The SMILES string of the molecule is CC1CCC(C)c2cc3c4c(sc3cc21)B1c2cc3c(cc2N(c2ccc(C(C)(C)C)cc2)c2cc(C5c6ccccc6C6(C)CCCCC56C)cc(c21)N4c1ccc(C(C)(C)C)cc1)C(C)(C)CCC3(C)C. The topological polar surface area (TPSA) is 6.48 Å². The molecule has 73 heavy (non-hydrogen) atoms. The van der Waals surface area contributed by atoms with E-state index in [-0.39, 0.29) is 45.1 Å². The maximum absolute atomic E-state index is 2.78. The standard InChI is InChI=1S/C69H79BN2S/c1-41-21-22-42(2)50-38-59-51(37-49(41)50)62-63(73-59)70-55-39-53-54(67(11,12)34-33-66(53,9)10)40-56(55)71(46-27-23-44(24-28-46)64(3,4)5)57-35-43(36-58(61(57)70)72(62)47-29-25-45(26-30-47)65(6,7)8)60-48-19-15-16-20-52(48)68(13)31-17-18-32-69(60,68)14/h15-16,19-20,23-30,35-42,60H,17-18,21-22,31-34H2,1-14H3. The lowest BCUT2D eigenvalue weighted by Gasteiger charge is -2.50. The van der Waals surface area contributed by atoms with Crippen LogP contribution in [0, 0.1) is 5.41 Å². The van der Waals surface area contributed by atoms with Crippen molar-refractivity contribution in [3.8, 4) is 0 Å². The van der Waals surface area contributed by atoms with Crippen molar-refractivity contribution in [2.24, 2.45) is 5.41 Å². The summed E-state index contributed by atoms with van der Waals surface area (Å²) in [6, 6.07) is 45.4. The van der Waals surface area contributed by atoms with Gasteiger partial charge in [-0.25, -0.2) is 0 Å². The molecule has 0 radical (unpaired) electrons. The van der Waals surface area contributed by atoms with E-state index in [0.717, 1.165) is 0 Å². The monoisotopic (exact) mass is 979 g/mol. The minimum Gasteiger partial charge on any atom is -0.311 e. The zero-order chi connectivity index (χ0) is 51.1. The minimum atomic E-state index is 0.0446. The first kappa shape index (κ1) is 47.6. The molecule has 374 valence electrons. The number of hydrogen-bond donors (Lipinski definition) is 0. The molecule has 2 nitrogen and oxygen atoms in total. The third-order valence-electron chi connectivity index (χ3n) is 20.7. The lowest BCUT2D eigenvalue weighted by Crippen LogP contribution is -2.61. The fraction of sp³-hybridized carbons (Fsp3) is 0.449. The Morgan fingerprint density at radius 3 is 1.71 bits per heavy atom. The van der Waals surface area contributed by atoms with E-state index in [1.54, 1.807) is 27.8 Å². The van der Waals surface area contributed by atoms with Gasteiger partial charge in [0.15, 0.2) is 0 Å². The van der Waals surface area contributed by atoms with Gasteiger partial charge in [0, 0.05) is 49.2 Å². The second kappa shape index (κ2) is 15.8. The highest BCUT2D eigenvalue weighted by molar-refractivity contribution is 7.33. The van der Waals surface area contributed by atoms with Crippen LogP contribution in [0.25, 0.3) is 10.1 Å². The van der Waals surface area contributed by atoms with E-state index in [1.165, 1.54) is 134 Å². The van der Waals surface area contributed by atoms with Crippen LogP contribution < -0.4 is 25.5 Å². The number of rotatable bonds is 3. The summed E-state index contributed by atoms with van der Waals surface area (Å²) in [6.45, 7) is 34.5. The molecule has 2 aliphatic heterocycles. The average Bonchev–Trinajstić information content (AvgIpc) is 3.83. The van der Waals surface area contributed by atoms with Crippen LogP contribution >= 0.6 is 11.3 Å². The highest BCUT2D eigenvalue weighted by atomic mass is 32.1. The molecule has 5 unspecified atom stereocenters. The second-order valence-corrected chi connectivity index (χ2v) is 29.1. The van der Waals surface area contributed by atoms with Crippen LogP contribution in [-0.4, -0.2) is 6.71 Å². The third kappa shape index (κ3) is 6.79. The summed E-state index contributed by atoms with van der Waals surface area (Å²) in [6.07, 6.45) is 9.94. The summed E-state index contributed by atoms with van der Waals surface area (Å²) < 4.78 is 2.93. The largest absolute Gasteiger partial charge is 0.311 e. The average molecular weight is 979 g/mol. The van der Waals surface area contributed by atoms with Gasteiger partial charge in [-0.3, -0.25) is 0 Å². The number of thiophene rings is 1. The summed E-state index contributed by atoms with van der Waals surface area (Å²) in [5.41, 5.74) is 24.8. The number of benzene rings is 6. The molecule has 4 heteroatoms. The Kier molecular flexibility index (Phi) is 10.3. The summed E-state index contributed by atoms with van der Waals surface area (Å²) in [5.74, 6) is 1.36. The summed E-state index contributed by atoms with van der Waals surface area (Å²) in [7, 11) is 0. The predicted octanol–water partition coefficient (Wildman–Crippen LogP) is 17.9. The molecule has 1 saturated carbocycles. The van der Waals surface area contributed by atoms with Gasteiger partial charge in [-0.05, 0) is 198 Å². The Morgan fingerprint density at radius 2 is 1.10 bits per heavy atom. The van der Waals surface area contributed by atoms with Gasteiger partial charge in [-0.15, -0.1) is 11.3 Å². The molecular weight excluding hydrogens is 900 g/mol. The van der Waals surface area contributed by atoms with Crippen LogP contribution in [0.2, 0.25) is 0 Å². The normalized spacial score (nSPS) is 25.3. The highest BCUT2D eigenvalue weighted by Crippen LogP contribution is 2.67.